The van der Waals surface area contributed by atoms with Gasteiger partial charge in [0.15, 0.2) is 4.90 Å². The molecular formula is C11H16F2N2O2S. The zero-order chi connectivity index (χ0) is 13.9. The standard InChI is InChI=1S/C11H16F2N2O2S/c1-3-8(4-2)15-18(16,17)11-9(12)5-7(14)6-10(11)13/h5-6,8,15H,3-4,14H2,1-2H3. The molecule has 0 atom stereocenters. The van der Waals surface area contributed by atoms with Gasteiger partial charge < -0.3 is 5.73 Å². The fourth-order valence-electron chi connectivity index (χ4n) is 1.57. The van der Waals surface area contributed by atoms with Gasteiger partial charge in [0.05, 0.1) is 0 Å². The van der Waals surface area contributed by atoms with Gasteiger partial charge in [0, 0.05) is 11.7 Å². The monoisotopic (exact) mass is 278 g/mol. The van der Waals surface area contributed by atoms with Gasteiger partial charge in [-0.2, -0.15) is 0 Å². The zero-order valence-corrected chi connectivity index (χ0v) is 11.0. The molecule has 0 aliphatic carbocycles. The molecule has 0 fully saturated rings. The molecule has 7 heteroatoms. The van der Waals surface area contributed by atoms with Crippen LogP contribution in [0.25, 0.3) is 0 Å². The molecule has 0 unspecified atom stereocenters. The van der Waals surface area contributed by atoms with Crippen LogP contribution in [0.15, 0.2) is 17.0 Å². The van der Waals surface area contributed by atoms with Crippen LogP contribution in [0.3, 0.4) is 0 Å². The molecule has 3 N–H and O–H groups in total. The van der Waals surface area contributed by atoms with Crippen LogP contribution >= 0.6 is 0 Å². The zero-order valence-electron chi connectivity index (χ0n) is 10.2. The van der Waals surface area contributed by atoms with Crippen molar-refractivity contribution in [1.82, 2.24) is 4.72 Å². The van der Waals surface area contributed by atoms with E-state index < -0.39 is 26.6 Å². The number of hydrogen-bond donors (Lipinski definition) is 2. The van der Waals surface area contributed by atoms with E-state index in [0.29, 0.717) is 12.8 Å². The van der Waals surface area contributed by atoms with E-state index >= 15 is 0 Å². The number of nitrogens with one attached hydrogen (secondary N) is 1. The van der Waals surface area contributed by atoms with Crippen molar-refractivity contribution in [2.45, 2.75) is 37.6 Å². The van der Waals surface area contributed by atoms with Crippen molar-refractivity contribution in [2.24, 2.45) is 0 Å². The molecule has 1 aromatic carbocycles. The van der Waals surface area contributed by atoms with Crippen molar-refractivity contribution in [3.63, 3.8) is 0 Å². The highest BCUT2D eigenvalue weighted by Gasteiger charge is 2.26. The molecule has 0 spiro atoms. The summed E-state index contributed by atoms with van der Waals surface area (Å²) in [4.78, 5) is -0.983. The maximum atomic E-state index is 13.5. The number of benzene rings is 1. The lowest BCUT2D eigenvalue weighted by molar-refractivity contribution is 0.497. The molecule has 4 nitrogen and oxygen atoms in total. The van der Waals surface area contributed by atoms with Crippen molar-refractivity contribution in [3.8, 4) is 0 Å². The summed E-state index contributed by atoms with van der Waals surface area (Å²) in [5, 5.41) is 0. The molecule has 102 valence electrons. The van der Waals surface area contributed by atoms with E-state index in [1.807, 2.05) is 0 Å². The lowest BCUT2D eigenvalue weighted by Gasteiger charge is -2.15. The fourth-order valence-corrected chi connectivity index (χ4v) is 3.09. The summed E-state index contributed by atoms with van der Waals surface area (Å²) in [7, 11) is -4.22. The van der Waals surface area contributed by atoms with Crippen LogP contribution in [0.5, 0.6) is 0 Å². The van der Waals surface area contributed by atoms with Gasteiger partial charge in [-0.1, -0.05) is 13.8 Å². The lowest BCUT2D eigenvalue weighted by atomic mass is 10.2. The maximum absolute atomic E-state index is 13.5. The van der Waals surface area contributed by atoms with Gasteiger partial charge in [-0.25, -0.2) is 21.9 Å². The minimum Gasteiger partial charge on any atom is -0.399 e. The normalized spacial score (nSPS) is 12.1. The summed E-state index contributed by atoms with van der Waals surface area (Å²) in [6, 6.07) is 1.21. The van der Waals surface area contributed by atoms with E-state index in [1.165, 1.54) is 0 Å². The van der Waals surface area contributed by atoms with Crippen LogP contribution in [-0.4, -0.2) is 14.5 Å². The predicted molar refractivity (Wildman–Crippen MR) is 65.5 cm³/mol. The molecule has 1 rings (SSSR count). The number of hydrogen-bond acceptors (Lipinski definition) is 3. The van der Waals surface area contributed by atoms with Gasteiger partial charge in [0.25, 0.3) is 0 Å². The van der Waals surface area contributed by atoms with Crippen LogP contribution < -0.4 is 10.5 Å². The number of nitrogens with two attached hydrogens (primary N) is 1. The molecule has 0 heterocycles. The molecule has 1 aromatic rings. The number of rotatable bonds is 5. The second kappa shape index (κ2) is 5.62. The van der Waals surface area contributed by atoms with E-state index in [9.17, 15) is 17.2 Å². The summed E-state index contributed by atoms with van der Waals surface area (Å²) in [5.41, 5.74) is 5.07. The molecule has 0 saturated carbocycles. The number of sulfonamides is 1. The molecule has 0 aromatic heterocycles. The van der Waals surface area contributed by atoms with Crippen molar-refractivity contribution in [3.05, 3.63) is 23.8 Å². The Bertz CT molecular complexity index is 505. The molecule has 0 aliphatic rings. The Morgan fingerprint density at radius 1 is 1.22 bits per heavy atom. The van der Waals surface area contributed by atoms with Gasteiger partial charge in [-0.15, -0.1) is 0 Å². The lowest BCUT2D eigenvalue weighted by Crippen LogP contribution is -2.34. The minimum atomic E-state index is -4.22. The third kappa shape index (κ3) is 3.17. The van der Waals surface area contributed by atoms with Crippen molar-refractivity contribution in [2.75, 3.05) is 5.73 Å². The molecule has 0 radical (unpaired) electrons. The van der Waals surface area contributed by atoms with Crippen LogP contribution in [-0.2, 0) is 10.0 Å². The van der Waals surface area contributed by atoms with Crippen LogP contribution in [0.4, 0.5) is 14.5 Å². The van der Waals surface area contributed by atoms with E-state index in [4.69, 9.17) is 5.73 Å². The Hall–Kier alpha value is -1.21. The highest BCUT2D eigenvalue weighted by Crippen LogP contribution is 2.22. The number of nitrogen functional groups attached to an aromatic ring is 1. The highest BCUT2D eigenvalue weighted by atomic mass is 32.2. The maximum Gasteiger partial charge on any atom is 0.246 e. The topological polar surface area (TPSA) is 72.2 Å². The van der Waals surface area contributed by atoms with E-state index in [1.54, 1.807) is 13.8 Å². The largest absolute Gasteiger partial charge is 0.399 e. The van der Waals surface area contributed by atoms with Crippen LogP contribution in [0, 0.1) is 11.6 Å². The molecule has 0 bridgehead atoms. The van der Waals surface area contributed by atoms with Gasteiger partial charge in [-0.3, -0.25) is 0 Å². The molecule has 18 heavy (non-hydrogen) atoms. The Kier molecular flexibility index (Phi) is 4.64. The Labute approximate surface area is 105 Å². The van der Waals surface area contributed by atoms with Crippen LogP contribution in [0.2, 0.25) is 0 Å². The molecular weight excluding hydrogens is 262 g/mol. The van der Waals surface area contributed by atoms with Crippen molar-refractivity contribution in [1.29, 1.82) is 0 Å². The fraction of sp³-hybridized carbons (Fsp3) is 0.455. The van der Waals surface area contributed by atoms with Gasteiger partial charge in [0.2, 0.25) is 10.0 Å². The van der Waals surface area contributed by atoms with Gasteiger partial charge in [0.1, 0.15) is 11.6 Å². The van der Waals surface area contributed by atoms with Crippen LogP contribution in [0.1, 0.15) is 26.7 Å². The minimum absolute atomic E-state index is 0.161. The van der Waals surface area contributed by atoms with Gasteiger partial charge >= 0.3 is 0 Å². The summed E-state index contributed by atoms with van der Waals surface area (Å²) in [6.45, 7) is 3.57. The first-order chi connectivity index (χ1) is 8.31. The van der Waals surface area contributed by atoms with Gasteiger partial charge in [-0.05, 0) is 25.0 Å². The first kappa shape index (κ1) is 14.8. The summed E-state index contributed by atoms with van der Waals surface area (Å²) in [5.74, 6) is -2.38. The second-order valence-corrected chi connectivity index (χ2v) is 5.60. The third-order valence-electron chi connectivity index (χ3n) is 2.60. The number of anilines is 1. The molecule has 0 amide bonds. The SMILES string of the molecule is CCC(CC)NS(=O)(=O)c1c(F)cc(N)cc1F. The smallest absolute Gasteiger partial charge is 0.246 e. The molecule has 0 aliphatic heterocycles. The van der Waals surface area contributed by atoms with E-state index in [0.717, 1.165) is 12.1 Å². The van der Waals surface area contributed by atoms with E-state index in [2.05, 4.69) is 4.72 Å². The number of halogens is 2. The van der Waals surface area contributed by atoms with Crippen molar-refractivity contribution >= 4 is 15.7 Å². The predicted octanol–water partition coefficient (Wildman–Crippen LogP) is 2.01. The Morgan fingerprint density at radius 2 is 1.67 bits per heavy atom. The summed E-state index contributed by atoms with van der Waals surface area (Å²) < 4.78 is 53.1. The average molecular weight is 278 g/mol. The molecule has 0 saturated heterocycles. The highest BCUT2D eigenvalue weighted by molar-refractivity contribution is 7.89. The Morgan fingerprint density at radius 3 is 2.06 bits per heavy atom. The Balaban J connectivity index is 3.21. The summed E-state index contributed by atoms with van der Waals surface area (Å²) >= 11 is 0. The third-order valence-corrected chi connectivity index (χ3v) is 4.17. The van der Waals surface area contributed by atoms with E-state index in [-0.39, 0.29) is 11.7 Å². The average Bonchev–Trinajstić information content (AvgIpc) is 2.23. The summed E-state index contributed by atoms with van der Waals surface area (Å²) in [6.07, 6.45) is 1.07. The second-order valence-electron chi connectivity index (χ2n) is 3.95. The first-order valence-electron chi connectivity index (χ1n) is 5.58. The van der Waals surface area contributed by atoms with Crippen molar-refractivity contribution < 1.29 is 17.2 Å². The quantitative estimate of drug-likeness (QED) is 0.809. The first-order valence-corrected chi connectivity index (χ1v) is 7.07.